The summed E-state index contributed by atoms with van der Waals surface area (Å²) >= 11 is 0. The smallest absolute Gasteiger partial charge is 0.225 e. The van der Waals surface area contributed by atoms with Crippen LogP contribution in [0.1, 0.15) is 54.2 Å². The van der Waals surface area contributed by atoms with E-state index < -0.39 is 0 Å². The van der Waals surface area contributed by atoms with Crippen LogP contribution in [0.3, 0.4) is 0 Å². The lowest BCUT2D eigenvalue weighted by atomic mass is 9.91. The van der Waals surface area contributed by atoms with Crippen LogP contribution in [0.4, 0.5) is 5.95 Å². The van der Waals surface area contributed by atoms with Crippen LogP contribution in [0, 0.1) is 13.8 Å². The summed E-state index contributed by atoms with van der Waals surface area (Å²) in [5.41, 5.74) is 5.43. The Kier molecular flexibility index (Phi) is 6.26. The summed E-state index contributed by atoms with van der Waals surface area (Å²) in [6, 6.07) is 1.98. The Bertz CT molecular complexity index is 1110. The van der Waals surface area contributed by atoms with Crippen molar-refractivity contribution in [3.63, 3.8) is 0 Å². The second-order valence-electron chi connectivity index (χ2n) is 9.30. The molecule has 0 bridgehead atoms. The van der Waals surface area contributed by atoms with Gasteiger partial charge in [-0.15, -0.1) is 6.58 Å². The van der Waals surface area contributed by atoms with Gasteiger partial charge in [0.2, 0.25) is 5.95 Å². The second-order valence-corrected chi connectivity index (χ2v) is 9.30. The van der Waals surface area contributed by atoms with E-state index in [0.29, 0.717) is 5.92 Å². The third-order valence-electron chi connectivity index (χ3n) is 6.88. The number of hydrogen-bond donors (Lipinski definition) is 0. The maximum Gasteiger partial charge on any atom is 0.225 e. The summed E-state index contributed by atoms with van der Waals surface area (Å²) in [4.78, 5) is 14.7. The zero-order chi connectivity index (χ0) is 22.8. The fourth-order valence-corrected chi connectivity index (χ4v) is 5.06. The van der Waals surface area contributed by atoms with E-state index in [1.54, 1.807) is 0 Å². The highest BCUT2D eigenvalue weighted by Gasteiger charge is 2.28. The number of anilines is 1. The lowest BCUT2D eigenvalue weighted by Gasteiger charge is -2.33. The van der Waals surface area contributed by atoms with Crippen LogP contribution < -0.4 is 4.90 Å². The molecule has 33 heavy (non-hydrogen) atoms. The molecule has 1 unspecified atom stereocenters. The van der Waals surface area contributed by atoms with Crippen LogP contribution in [0.25, 0.3) is 11.3 Å². The summed E-state index contributed by atoms with van der Waals surface area (Å²) < 4.78 is 7.65. The minimum Gasteiger partial charge on any atom is -0.356 e. The van der Waals surface area contributed by atoms with E-state index >= 15 is 0 Å². The molecule has 3 aromatic heterocycles. The lowest BCUT2D eigenvalue weighted by molar-refractivity contribution is 0.198. The number of piperidine rings is 1. The van der Waals surface area contributed by atoms with Crippen LogP contribution >= 0.6 is 0 Å². The highest BCUT2D eigenvalue weighted by atomic mass is 16.5. The third kappa shape index (κ3) is 4.57. The lowest BCUT2D eigenvalue weighted by Crippen LogP contribution is -2.35. The van der Waals surface area contributed by atoms with Gasteiger partial charge in [0.15, 0.2) is 5.76 Å². The van der Waals surface area contributed by atoms with Gasteiger partial charge >= 0.3 is 0 Å². The molecule has 0 aliphatic carbocycles. The molecular weight excluding hydrogens is 414 g/mol. The molecule has 5 heterocycles. The van der Waals surface area contributed by atoms with E-state index in [4.69, 9.17) is 14.5 Å². The zero-order valence-electron chi connectivity index (χ0n) is 19.7. The van der Waals surface area contributed by atoms with Crippen molar-refractivity contribution in [1.82, 2.24) is 29.8 Å². The first-order valence-corrected chi connectivity index (χ1v) is 12.0. The highest BCUT2D eigenvalue weighted by molar-refractivity contribution is 5.61. The summed E-state index contributed by atoms with van der Waals surface area (Å²) in [6.07, 6.45) is 10.5. The molecule has 0 N–H and O–H groups in total. The van der Waals surface area contributed by atoms with Gasteiger partial charge in [-0.2, -0.15) is 5.10 Å². The molecule has 2 aliphatic heterocycles. The van der Waals surface area contributed by atoms with E-state index in [9.17, 15) is 0 Å². The largest absolute Gasteiger partial charge is 0.356 e. The van der Waals surface area contributed by atoms with Crippen molar-refractivity contribution in [2.45, 2.75) is 58.5 Å². The zero-order valence-corrected chi connectivity index (χ0v) is 19.7. The maximum atomic E-state index is 5.63. The number of aryl methyl sites for hydroxylation is 1. The monoisotopic (exact) mass is 447 g/mol. The Balaban J connectivity index is 1.41. The Hall–Kier alpha value is -3.00. The summed E-state index contributed by atoms with van der Waals surface area (Å²) in [5, 5.41) is 8.64. The Morgan fingerprint density at radius 3 is 2.76 bits per heavy atom. The predicted octanol–water partition coefficient (Wildman–Crippen LogP) is 4.11. The normalized spacial score (nSPS) is 19.3. The van der Waals surface area contributed by atoms with Gasteiger partial charge in [0.1, 0.15) is 0 Å². The number of likely N-dealkylation sites (tertiary alicyclic amines) is 1. The van der Waals surface area contributed by atoms with Crippen molar-refractivity contribution in [2.24, 2.45) is 0 Å². The average Bonchev–Trinajstić information content (AvgIpc) is 3.58. The van der Waals surface area contributed by atoms with Gasteiger partial charge in [-0.25, -0.2) is 9.97 Å². The molecule has 0 aromatic carbocycles. The van der Waals surface area contributed by atoms with E-state index in [1.807, 2.05) is 36.1 Å². The van der Waals surface area contributed by atoms with Gasteiger partial charge in [-0.05, 0) is 46.1 Å². The molecular formula is C25H33N7O. The topological polar surface area (TPSA) is 76.1 Å². The standard InChI is InChI=1S/C25H33N7O/c1-4-9-32-19(3)21(14-27-32)17-30-10-7-8-20(16-30)24-22(23-13-18(2)29-33-23)15-26-25(28-24)31-11-5-6-12-31/h4,13-15,20H,1,5-12,16-17H2,2-3H3. The average molecular weight is 448 g/mol. The molecule has 0 radical (unpaired) electrons. The number of rotatable bonds is 7. The van der Waals surface area contributed by atoms with Gasteiger partial charge in [0, 0.05) is 55.6 Å². The Morgan fingerprint density at radius 1 is 1.15 bits per heavy atom. The first-order valence-electron chi connectivity index (χ1n) is 12.0. The van der Waals surface area contributed by atoms with Crippen LogP contribution in [0.15, 0.2) is 35.6 Å². The van der Waals surface area contributed by atoms with Crippen molar-refractivity contribution >= 4 is 5.95 Å². The molecule has 5 rings (SSSR count). The minimum atomic E-state index is 0.326. The van der Waals surface area contributed by atoms with Gasteiger partial charge in [-0.3, -0.25) is 9.58 Å². The van der Waals surface area contributed by atoms with Crippen LogP contribution in [0.5, 0.6) is 0 Å². The highest BCUT2D eigenvalue weighted by Crippen LogP contribution is 2.35. The van der Waals surface area contributed by atoms with Crippen molar-refractivity contribution in [2.75, 3.05) is 31.1 Å². The number of aromatic nitrogens is 5. The van der Waals surface area contributed by atoms with E-state index in [1.165, 1.54) is 24.1 Å². The number of hydrogen-bond acceptors (Lipinski definition) is 7. The molecule has 0 amide bonds. The van der Waals surface area contributed by atoms with Crippen molar-refractivity contribution in [3.8, 4) is 11.3 Å². The second kappa shape index (κ2) is 9.47. The Labute approximate surface area is 195 Å². The van der Waals surface area contributed by atoms with E-state index in [0.717, 1.165) is 80.8 Å². The van der Waals surface area contributed by atoms with Gasteiger partial charge in [0.25, 0.3) is 0 Å². The van der Waals surface area contributed by atoms with Gasteiger partial charge in [0.05, 0.1) is 29.7 Å². The molecule has 8 nitrogen and oxygen atoms in total. The van der Waals surface area contributed by atoms with Gasteiger partial charge in [-0.1, -0.05) is 11.2 Å². The predicted molar refractivity (Wildman–Crippen MR) is 128 cm³/mol. The molecule has 2 aliphatic rings. The van der Waals surface area contributed by atoms with E-state index in [-0.39, 0.29) is 0 Å². The summed E-state index contributed by atoms with van der Waals surface area (Å²) in [6.45, 7) is 13.7. The molecule has 2 saturated heterocycles. The van der Waals surface area contributed by atoms with Crippen LogP contribution in [-0.4, -0.2) is 56.0 Å². The van der Waals surface area contributed by atoms with Crippen molar-refractivity contribution in [3.05, 3.63) is 53.8 Å². The molecule has 174 valence electrons. The first kappa shape index (κ1) is 21.8. The maximum absolute atomic E-state index is 5.63. The molecule has 2 fully saturated rings. The number of allylic oxidation sites excluding steroid dienone is 1. The molecule has 0 spiro atoms. The number of nitrogens with zero attached hydrogens (tertiary/aromatic N) is 7. The molecule has 1 atom stereocenters. The van der Waals surface area contributed by atoms with Gasteiger partial charge < -0.3 is 9.42 Å². The fourth-order valence-electron chi connectivity index (χ4n) is 5.06. The molecule has 3 aromatic rings. The summed E-state index contributed by atoms with van der Waals surface area (Å²) in [7, 11) is 0. The minimum absolute atomic E-state index is 0.326. The van der Waals surface area contributed by atoms with Crippen molar-refractivity contribution in [1.29, 1.82) is 0 Å². The molecule has 0 saturated carbocycles. The SMILES string of the molecule is C=CCn1ncc(CN2CCCC(c3nc(N4CCCC4)ncc3-c3cc(C)no3)C2)c1C. The third-order valence-corrected chi connectivity index (χ3v) is 6.88. The Morgan fingerprint density at radius 2 is 2.00 bits per heavy atom. The summed E-state index contributed by atoms with van der Waals surface area (Å²) in [5.74, 6) is 1.93. The molecule has 8 heteroatoms. The van der Waals surface area contributed by atoms with Crippen molar-refractivity contribution < 1.29 is 4.52 Å². The van der Waals surface area contributed by atoms with Crippen LogP contribution in [-0.2, 0) is 13.1 Å². The fraction of sp³-hybridized carbons (Fsp3) is 0.520. The quantitative estimate of drug-likeness (QED) is 0.505. The first-order chi connectivity index (χ1) is 16.1. The van der Waals surface area contributed by atoms with Crippen LogP contribution in [0.2, 0.25) is 0 Å². The van der Waals surface area contributed by atoms with E-state index in [2.05, 4.69) is 33.6 Å².